The minimum absolute atomic E-state index is 0.108. The summed E-state index contributed by atoms with van der Waals surface area (Å²) in [7, 11) is 0. The lowest BCUT2D eigenvalue weighted by Gasteiger charge is -2.40. The number of amidine groups is 1. The van der Waals surface area contributed by atoms with Crippen molar-refractivity contribution in [1.82, 2.24) is 4.90 Å². The van der Waals surface area contributed by atoms with E-state index in [4.69, 9.17) is 0 Å². The van der Waals surface area contributed by atoms with E-state index in [1.807, 2.05) is 6.92 Å². The molecule has 0 spiro atoms. The van der Waals surface area contributed by atoms with Crippen LogP contribution in [0.2, 0.25) is 0 Å². The zero-order valence-corrected chi connectivity index (χ0v) is 9.10. The third-order valence-electron chi connectivity index (χ3n) is 2.82. The zero-order valence-electron chi connectivity index (χ0n) is 9.10. The van der Waals surface area contributed by atoms with Crippen LogP contribution in [-0.2, 0) is 9.59 Å². The van der Waals surface area contributed by atoms with Crippen molar-refractivity contribution in [2.45, 2.75) is 25.8 Å². The summed E-state index contributed by atoms with van der Waals surface area (Å²) in [5.74, 6) is -1.01. The Labute approximate surface area is 92.8 Å². The number of carboxylic acids is 1. The van der Waals surface area contributed by atoms with Crippen LogP contribution in [0.3, 0.4) is 0 Å². The Morgan fingerprint density at radius 3 is 2.94 bits per heavy atom. The first-order valence-electron chi connectivity index (χ1n) is 4.94. The van der Waals surface area contributed by atoms with Crippen molar-refractivity contribution in [1.29, 1.82) is 0 Å². The third-order valence-corrected chi connectivity index (χ3v) is 2.82. The number of carbonyl (C=O) groups excluding carboxylic acids is 1. The van der Waals surface area contributed by atoms with Gasteiger partial charge in [0.05, 0.1) is 6.42 Å². The average molecular weight is 220 g/mol. The predicted octanol–water partition coefficient (Wildman–Crippen LogP) is 0.934. The molecule has 0 bridgehead atoms. The van der Waals surface area contributed by atoms with Crippen LogP contribution in [0.5, 0.6) is 0 Å². The van der Waals surface area contributed by atoms with Crippen LogP contribution in [-0.4, -0.2) is 33.3 Å². The molecule has 0 radical (unpaired) electrons. The van der Waals surface area contributed by atoms with E-state index in [0.29, 0.717) is 5.84 Å². The maximum Gasteiger partial charge on any atom is 0.330 e. The topological polar surface area (TPSA) is 70.0 Å². The predicted molar refractivity (Wildman–Crippen MR) is 57.8 cm³/mol. The molecular formula is C11H12N2O3. The van der Waals surface area contributed by atoms with E-state index in [0.717, 1.165) is 5.57 Å². The van der Waals surface area contributed by atoms with Crippen molar-refractivity contribution in [2.24, 2.45) is 4.99 Å². The second-order valence-electron chi connectivity index (χ2n) is 4.19. The van der Waals surface area contributed by atoms with Crippen LogP contribution < -0.4 is 0 Å². The summed E-state index contributed by atoms with van der Waals surface area (Å²) in [5, 5.41) is 9.22. The van der Waals surface area contributed by atoms with Crippen LogP contribution in [0.25, 0.3) is 0 Å². The number of carboxylic acid groups (broad SMARTS) is 1. The Bertz CT molecular complexity index is 462. The molecule has 2 rings (SSSR count). The molecule has 0 aromatic heterocycles. The van der Waals surface area contributed by atoms with Gasteiger partial charge in [0, 0.05) is 6.20 Å². The highest BCUT2D eigenvalue weighted by molar-refractivity contribution is 6.08. The molecule has 0 saturated heterocycles. The molecule has 0 fully saturated rings. The number of hydrogen-bond donors (Lipinski definition) is 1. The van der Waals surface area contributed by atoms with Crippen LogP contribution in [0, 0.1) is 0 Å². The fourth-order valence-electron chi connectivity index (χ4n) is 1.82. The van der Waals surface area contributed by atoms with Crippen molar-refractivity contribution in [3.63, 3.8) is 0 Å². The highest BCUT2D eigenvalue weighted by Gasteiger charge is 2.45. The molecule has 1 N–H and O–H groups in total. The SMILES string of the molecule is CC1=CC2=NC(=O)C[C@](C)(C(=O)O)N2C=C1. The maximum absolute atomic E-state index is 11.4. The van der Waals surface area contributed by atoms with Crippen molar-refractivity contribution in [3.8, 4) is 0 Å². The lowest BCUT2D eigenvalue weighted by atomic mass is 9.92. The molecule has 0 aliphatic carbocycles. The monoisotopic (exact) mass is 220 g/mol. The first-order valence-corrected chi connectivity index (χ1v) is 4.94. The van der Waals surface area contributed by atoms with Gasteiger partial charge in [-0.3, -0.25) is 4.79 Å². The van der Waals surface area contributed by atoms with Gasteiger partial charge in [-0.05, 0) is 31.6 Å². The Hall–Kier alpha value is -1.91. The van der Waals surface area contributed by atoms with Crippen molar-refractivity contribution in [3.05, 3.63) is 23.9 Å². The first-order chi connectivity index (χ1) is 7.43. The van der Waals surface area contributed by atoms with Crippen molar-refractivity contribution >= 4 is 17.7 Å². The molecule has 2 heterocycles. The zero-order chi connectivity index (χ0) is 11.9. The molecule has 1 atom stereocenters. The average Bonchev–Trinajstić information content (AvgIpc) is 2.15. The smallest absolute Gasteiger partial charge is 0.330 e. The van der Waals surface area contributed by atoms with E-state index in [2.05, 4.69) is 4.99 Å². The maximum atomic E-state index is 11.4. The molecule has 2 aliphatic heterocycles. The summed E-state index contributed by atoms with van der Waals surface area (Å²) in [6.07, 6.45) is 5.06. The van der Waals surface area contributed by atoms with Gasteiger partial charge >= 0.3 is 5.97 Å². The number of aliphatic imine (C=N–C) groups is 1. The van der Waals surface area contributed by atoms with Gasteiger partial charge in [0.15, 0.2) is 0 Å². The molecule has 84 valence electrons. The van der Waals surface area contributed by atoms with E-state index < -0.39 is 17.4 Å². The van der Waals surface area contributed by atoms with Gasteiger partial charge in [-0.1, -0.05) is 0 Å². The van der Waals surface area contributed by atoms with Crippen LogP contribution in [0.15, 0.2) is 28.9 Å². The quantitative estimate of drug-likeness (QED) is 0.713. The number of rotatable bonds is 1. The number of hydrogen-bond acceptors (Lipinski definition) is 3. The van der Waals surface area contributed by atoms with Gasteiger partial charge in [0.2, 0.25) is 0 Å². The van der Waals surface area contributed by atoms with Crippen LogP contribution in [0.4, 0.5) is 0 Å². The molecule has 5 heteroatoms. The number of fused-ring (bicyclic) bond motifs is 1. The molecule has 0 unspecified atom stereocenters. The van der Waals surface area contributed by atoms with Gasteiger partial charge < -0.3 is 10.0 Å². The van der Waals surface area contributed by atoms with Gasteiger partial charge in [-0.2, -0.15) is 4.99 Å². The van der Waals surface area contributed by atoms with Gasteiger partial charge in [-0.15, -0.1) is 0 Å². The van der Waals surface area contributed by atoms with Crippen LogP contribution >= 0.6 is 0 Å². The van der Waals surface area contributed by atoms with Crippen LogP contribution in [0.1, 0.15) is 20.3 Å². The van der Waals surface area contributed by atoms with Gasteiger partial charge in [0.1, 0.15) is 11.4 Å². The normalized spacial score (nSPS) is 28.4. The molecular weight excluding hydrogens is 208 g/mol. The van der Waals surface area contributed by atoms with E-state index >= 15 is 0 Å². The molecule has 0 aromatic rings. The number of allylic oxidation sites excluding steroid dienone is 2. The minimum Gasteiger partial charge on any atom is -0.479 e. The Morgan fingerprint density at radius 2 is 2.31 bits per heavy atom. The second kappa shape index (κ2) is 3.30. The van der Waals surface area contributed by atoms with E-state index in [9.17, 15) is 14.7 Å². The highest BCUT2D eigenvalue weighted by Crippen LogP contribution is 2.28. The molecule has 2 aliphatic rings. The molecule has 5 nitrogen and oxygen atoms in total. The molecule has 16 heavy (non-hydrogen) atoms. The Morgan fingerprint density at radius 1 is 1.62 bits per heavy atom. The van der Waals surface area contributed by atoms with E-state index in [1.165, 1.54) is 11.8 Å². The summed E-state index contributed by atoms with van der Waals surface area (Å²) in [4.78, 5) is 28.0. The molecule has 0 aromatic carbocycles. The van der Waals surface area contributed by atoms with E-state index in [-0.39, 0.29) is 6.42 Å². The number of amides is 1. The molecule has 0 saturated carbocycles. The summed E-state index contributed by atoms with van der Waals surface area (Å²) in [6, 6.07) is 0. The molecule has 1 amide bonds. The largest absolute Gasteiger partial charge is 0.479 e. The number of nitrogens with zero attached hydrogens (tertiary/aromatic N) is 2. The summed E-state index contributed by atoms with van der Waals surface area (Å²) < 4.78 is 0. The van der Waals surface area contributed by atoms with Gasteiger partial charge in [-0.25, -0.2) is 4.79 Å². The van der Waals surface area contributed by atoms with Crippen molar-refractivity contribution < 1.29 is 14.7 Å². The Balaban J connectivity index is 2.51. The third kappa shape index (κ3) is 1.44. The Kier molecular flexibility index (Phi) is 2.18. The standard InChI is InChI=1S/C11H12N2O3/c1-7-3-4-13-8(5-7)12-9(14)6-11(13,2)10(15)16/h3-5H,6H2,1-2H3,(H,15,16)/t11-/m1/s1. The lowest BCUT2D eigenvalue weighted by Crippen LogP contribution is -2.56. The summed E-state index contributed by atoms with van der Waals surface area (Å²) in [6.45, 7) is 3.40. The lowest BCUT2D eigenvalue weighted by molar-refractivity contribution is -0.149. The summed E-state index contributed by atoms with van der Waals surface area (Å²) >= 11 is 0. The minimum atomic E-state index is -1.23. The highest BCUT2D eigenvalue weighted by atomic mass is 16.4. The summed E-state index contributed by atoms with van der Waals surface area (Å²) in [5.41, 5.74) is -0.292. The fraction of sp³-hybridized carbons (Fsp3) is 0.364. The van der Waals surface area contributed by atoms with Crippen molar-refractivity contribution in [2.75, 3.05) is 0 Å². The fourth-order valence-corrected chi connectivity index (χ4v) is 1.82. The van der Waals surface area contributed by atoms with Gasteiger partial charge in [0.25, 0.3) is 5.91 Å². The second-order valence-corrected chi connectivity index (χ2v) is 4.19. The number of carbonyl (C=O) groups is 2. The van der Waals surface area contributed by atoms with E-state index in [1.54, 1.807) is 18.4 Å². The first kappa shape index (κ1) is 10.6. The number of aliphatic carboxylic acids is 1.